The van der Waals surface area contributed by atoms with Crippen LogP contribution < -0.4 is 11.1 Å². The largest absolute Gasteiger partial charge is 0.351 e. The van der Waals surface area contributed by atoms with Gasteiger partial charge < -0.3 is 11.1 Å². The van der Waals surface area contributed by atoms with Crippen LogP contribution in [0.3, 0.4) is 0 Å². The number of amides is 1. The second kappa shape index (κ2) is 8.27. The van der Waals surface area contributed by atoms with Crippen molar-refractivity contribution in [2.75, 3.05) is 0 Å². The molecule has 0 saturated heterocycles. The average molecular weight is 303 g/mol. The Morgan fingerprint density at radius 2 is 1.95 bits per heavy atom. The van der Waals surface area contributed by atoms with Crippen molar-refractivity contribution in [1.82, 2.24) is 15.1 Å². The van der Waals surface area contributed by atoms with E-state index in [9.17, 15) is 4.79 Å². The highest BCUT2D eigenvalue weighted by Gasteiger charge is 2.19. The van der Waals surface area contributed by atoms with E-state index < -0.39 is 6.04 Å². The van der Waals surface area contributed by atoms with Gasteiger partial charge in [-0.3, -0.25) is 9.48 Å². The first-order chi connectivity index (χ1) is 8.92. The van der Waals surface area contributed by atoms with Crippen LogP contribution >= 0.6 is 12.4 Å². The molecule has 5 nitrogen and oxygen atoms in total. The predicted octanol–water partition coefficient (Wildman–Crippen LogP) is 1.57. The number of aromatic nitrogens is 2. The van der Waals surface area contributed by atoms with Crippen molar-refractivity contribution in [3.05, 3.63) is 17.0 Å². The van der Waals surface area contributed by atoms with Crippen LogP contribution in [0.4, 0.5) is 0 Å². The first-order valence-electron chi connectivity index (χ1n) is 6.99. The van der Waals surface area contributed by atoms with Crippen molar-refractivity contribution < 1.29 is 4.79 Å². The highest BCUT2D eigenvalue weighted by Crippen LogP contribution is 2.15. The first-order valence-corrected chi connectivity index (χ1v) is 6.99. The summed E-state index contributed by atoms with van der Waals surface area (Å²) in [6, 6.07) is -0.452. The fraction of sp³-hybridized carbons (Fsp3) is 0.714. The molecular weight excluding hydrogens is 276 g/mol. The standard InChI is InChI=1S/C14H26N4O.ClH/c1-6-11-10(12(7-2)18(5)17-11)8-16-14(19)13(15)9(3)4;/h9,13H,6-8,15H2,1-5H3,(H,16,19);1H/t13-;/m0./s1. The lowest BCUT2D eigenvalue weighted by atomic mass is 10.0. The normalized spacial score (nSPS) is 12.2. The van der Waals surface area contributed by atoms with E-state index in [0.29, 0.717) is 6.54 Å². The van der Waals surface area contributed by atoms with Crippen LogP contribution in [0.1, 0.15) is 44.6 Å². The fourth-order valence-electron chi connectivity index (χ4n) is 2.19. The molecule has 1 aromatic rings. The number of carbonyl (C=O) groups is 1. The maximum absolute atomic E-state index is 11.9. The third-order valence-corrected chi connectivity index (χ3v) is 3.49. The number of nitrogens with two attached hydrogens (primary N) is 1. The third-order valence-electron chi connectivity index (χ3n) is 3.49. The van der Waals surface area contributed by atoms with Crippen molar-refractivity contribution in [2.24, 2.45) is 18.7 Å². The second-order valence-corrected chi connectivity index (χ2v) is 5.19. The molecule has 1 atom stereocenters. The Hall–Kier alpha value is -1.07. The van der Waals surface area contributed by atoms with Gasteiger partial charge in [-0.1, -0.05) is 27.7 Å². The highest BCUT2D eigenvalue weighted by atomic mass is 35.5. The molecule has 0 fully saturated rings. The van der Waals surface area contributed by atoms with Crippen LogP contribution in [0.25, 0.3) is 0 Å². The third kappa shape index (κ3) is 4.21. The molecule has 0 unspecified atom stereocenters. The van der Waals surface area contributed by atoms with Crippen LogP contribution in [-0.4, -0.2) is 21.7 Å². The van der Waals surface area contributed by atoms with Crippen molar-refractivity contribution in [3.63, 3.8) is 0 Å². The zero-order chi connectivity index (χ0) is 14.6. The van der Waals surface area contributed by atoms with Gasteiger partial charge in [-0.2, -0.15) is 5.10 Å². The zero-order valence-electron chi connectivity index (χ0n) is 13.1. The van der Waals surface area contributed by atoms with Gasteiger partial charge in [0, 0.05) is 24.8 Å². The van der Waals surface area contributed by atoms with E-state index in [1.165, 1.54) is 5.69 Å². The molecular formula is C14H27ClN4O. The smallest absolute Gasteiger partial charge is 0.237 e. The Morgan fingerprint density at radius 3 is 2.40 bits per heavy atom. The molecule has 1 amide bonds. The Balaban J connectivity index is 0.00000361. The molecule has 1 heterocycles. The van der Waals surface area contributed by atoms with E-state index in [0.717, 1.165) is 24.1 Å². The van der Waals surface area contributed by atoms with Gasteiger partial charge in [0.1, 0.15) is 0 Å². The molecule has 0 aliphatic carbocycles. The number of nitrogens with one attached hydrogen (secondary N) is 1. The molecule has 6 heteroatoms. The number of carbonyl (C=O) groups excluding carboxylic acids is 1. The number of aryl methyl sites for hydroxylation is 2. The molecule has 1 aromatic heterocycles. The number of hydrogen-bond donors (Lipinski definition) is 2. The summed E-state index contributed by atoms with van der Waals surface area (Å²) in [6.45, 7) is 8.58. The van der Waals surface area contributed by atoms with Gasteiger partial charge in [-0.15, -0.1) is 12.4 Å². The minimum atomic E-state index is -0.452. The van der Waals surface area contributed by atoms with Crippen LogP contribution in [0.2, 0.25) is 0 Å². The summed E-state index contributed by atoms with van der Waals surface area (Å²) >= 11 is 0. The maximum Gasteiger partial charge on any atom is 0.237 e. The molecule has 20 heavy (non-hydrogen) atoms. The van der Waals surface area contributed by atoms with Crippen molar-refractivity contribution in [2.45, 2.75) is 53.1 Å². The van der Waals surface area contributed by atoms with Crippen molar-refractivity contribution >= 4 is 18.3 Å². The topological polar surface area (TPSA) is 72.9 Å². The maximum atomic E-state index is 11.9. The Labute approximate surface area is 127 Å². The molecule has 0 aromatic carbocycles. The summed E-state index contributed by atoms with van der Waals surface area (Å²) in [6.07, 6.45) is 1.78. The lowest BCUT2D eigenvalue weighted by molar-refractivity contribution is -0.123. The predicted molar refractivity (Wildman–Crippen MR) is 83.9 cm³/mol. The lowest BCUT2D eigenvalue weighted by Gasteiger charge is -2.15. The summed E-state index contributed by atoms with van der Waals surface area (Å²) in [7, 11) is 1.95. The van der Waals surface area contributed by atoms with Crippen LogP contribution in [0, 0.1) is 5.92 Å². The molecule has 0 bridgehead atoms. The van der Waals surface area contributed by atoms with Gasteiger partial charge >= 0.3 is 0 Å². The lowest BCUT2D eigenvalue weighted by Crippen LogP contribution is -2.43. The van der Waals surface area contributed by atoms with Crippen LogP contribution in [-0.2, 0) is 31.2 Å². The quantitative estimate of drug-likeness (QED) is 0.837. The van der Waals surface area contributed by atoms with E-state index in [-0.39, 0.29) is 24.2 Å². The number of hydrogen-bond acceptors (Lipinski definition) is 3. The van der Waals surface area contributed by atoms with Gasteiger partial charge in [-0.25, -0.2) is 0 Å². The van der Waals surface area contributed by atoms with E-state index in [1.807, 2.05) is 25.6 Å². The summed E-state index contributed by atoms with van der Waals surface area (Å²) in [4.78, 5) is 11.9. The fourth-order valence-corrected chi connectivity index (χ4v) is 2.19. The SMILES string of the molecule is CCc1nn(C)c(CC)c1CNC(=O)[C@@H](N)C(C)C.Cl. The minimum absolute atomic E-state index is 0. The Morgan fingerprint density at radius 1 is 1.35 bits per heavy atom. The molecule has 116 valence electrons. The van der Waals surface area contributed by atoms with Gasteiger partial charge in [0.25, 0.3) is 0 Å². The molecule has 0 spiro atoms. The molecule has 0 aliphatic rings. The van der Waals surface area contributed by atoms with Gasteiger partial charge in [-0.05, 0) is 18.8 Å². The summed E-state index contributed by atoms with van der Waals surface area (Å²) in [5, 5.41) is 7.42. The molecule has 0 saturated carbocycles. The highest BCUT2D eigenvalue weighted by molar-refractivity contribution is 5.85. The summed E-state index contributed by atoms with van der Waals surface area (Å²) in [5.41, 5.74) is 9.20. The van der Waals surface area contributed by atoms with E-state index >= 15 is 0 Å². The number of halogens is 1. The van der Waals surface area contributed by atoms with Crippen LogP contribution in [0.15, 0.2) is 0 Å². The van der Waals surface area contributed by atoms with Gasteiger partial charge in [0.2, 0.25) is 5.91 Å². The molecule has 0 radical (unpaired) electrons. The molecule has 0 aliphatic heterocycles. The molecule has 1 rings (SSSR count). The van der Waals surface area contributed by atoms with E-state index in [1.54, 1.807) is 0 Å². The Bertz CT molecular complexity index is 443. The van der Waals surface area contributed by atoms with Gasteiger partial charge in [0.15, 0.2) is 0 Å². The average Bonchev–Trinajstić information content (AvgIpc) is 2.69. The zero-order valence-corrected chi connectivity index (χ0v) is 13.9. The van der Waals surface area contributed by atoms with Gasteiger partial charge in [0.05, 0.1) is 11.7 Å². The number of rotatable bonds is 6. The first kappa shape index (κ1) is 18.9. The summed E-state index contributed by atoms with van der Waals surface area (Å²) in [5.74, 6) is 0.0492. The van der Waals surface area contributed by atoms with Crippen molar-refractivity contribution in [3.8, 4) is 0 Å². The van der Waals surface area contributed by atoms with E-state index in [2.05, 4.69) is 24.3 Å². The van der Waals surface area contributed by atoms with Crippen molar-refractivity contribution in [1.29, 1.82) is 0 Å². The summed E-state index contributed by atoms with van der Waals surface area (Å²) < 4.78 is 1.91. The second-order valence-electron chi connectivity index (χ2n) is 5.19. The minimum Gasteiger partial charge on any atom is -0.351 e. The van der Waals surface area contributed by atoms with Crippen LogP contribution in [0.5, 0.6) is 0 Å². The monoisotopic (exact) mass is 302 g/mol. The van der Waals surface area contributed by atoms with E-state index in [4.69, 9.17) is 5.73 Å². The number of nitrogens with zero attached hydrogens (tertiary/aromatic N) is 2. The molecule has 3 N–H and O–H groups in total. The Kier molecular flexibility index (Phi) is 7.83.